The summed E-state index contributed by atoms with van der Waals surface area (Å²) in [6.45, 7) is 2.82. The summed E-state index contributed by atoms with van der Waals surface area (Å²) in [4.78, 5) is 40.7. The molecule has 43 heavy (non-hydrogen) atoms. The number of nitrogens with one attached hydrogen (secondary N) is 1. The largest absolute Gasteiger partial charge is 0.481 e. The van der Waals surface area contributed by atoms with Gasteiger partial charge in [0.05, 0.1) is 6.42 Å². The van der Waals surface area contributed by atoms with Crippen LogP contribution in [0, 0.1) is 0 Å². The van der Waals surface area contributed by atoms with Gasteiger partial charge in [0.15, 0.2) is 0 Å². The highest BCUT2D eigenvalue weighted by Gasteiger charge is 2.24. The Kier molecular flexibility index (Phi) is 9.27. The van der Waals surface area contributed by atoms with Crippen LogP contribution >= 0.6 is 0 Å². The van der Waals surface area contributed by atoms with Crippen LogP contribution in [0.5, 0.6) is 0 Å². The topological polar surface area (TPSA) is 86.7 Å². The average Bonchev–Trinajstić information content (AvgIpc) is 3.05. The molecule has 2 N–H and O–H groups in total. The molecule has 1 unspecified atom stereocenters. The van der Waals surface area contributed by atoms with Crippen molar-refractivity contribution in [2.75, 3.05) is 13.1 Å². The molecule has 216 valence electrons. The molecule has 2 amide bonds. The molecule has 0 bridgehead atoms. The minimum absolute atomic E-state index is 0.00163. The van der Waals surface area contributed by atoms with E-state index < -0.39 is 5.97 Å². The van der Waals surface area contributed by atoms with E-state index in [2.05, 4.69) is 5.32 Å². The summed E-state index contributed by atoms with van der Waals surface area (Å²) in [7, 11) is 0. The van der Waals surface area contributed by atoms with Crippen molar-refractivity contribution in [1.82, 2.24) is 10.2 Å². The predicted octanol–water partition coefficient (Wildman–Crippen LogP) is 7.16. The van der Waals surface area contributed by atoms with Crippen LogP contribution in [0.2, 0.25) is 0 Å². The van der Waals surface area contributed by atoms with Crippen LogP contribution in [0.15, 0.2) is 121 Å². The predicted molar refractivity (Wildman–Crippen MR) is 170 cm³/mol. The third-order valence-electron chi connectivity index (χ3n) is 7.68. The lowest BCUT2D eigenvalue weighted by atomic mass is 9.93. The minimum Gasteiger partial charge on any atom is -0.481 e. The summed E-state index contributed by atoms with van der Waals surface area (Å²) < 4.78 is 0. The molecule has 5 aromatic rings. The summed E-state index contributed by atoms with van der Waals surface area (Å²) in [5, 5.41) is 14.7. The highest BCUT2D eigenvalue weighted by molar-refractivity contribution is 6.06. The maximum atomic E-state index is 14.1. The van der Waals surface area contributed by atoms with Crippen molar-refractivity contribution in [2.24, 2.45) is 0 Å². The Labute approximate surface area is 251 Å². The van der Waals surface area contributed by atoms with Gasteiger partial charge in [0, 0.05) is 30.8 Å². The third kappa shape index (κ3) is 6.99. The number of carboxylic acids is 1. The molecular formula is C37H34N2O4. The molecule has 5 aromatic carbocycles. The SMILES string of the molecule is CC(CN(CCC(=O)O)C(=O)c1ccccc1-c1ccccc1C(=O)NCc1cccc2ccccc12)c1ccccc1. The number of carbonyl (C=O) groups is 3. The number of fused-ring (bicyclic) bond motifs is 1. The van der Waals surface area contributed by atoms with Crippen LogP contribution in [0.3, 0.4) is 0 Å². The number of carboxylic acid groups (broad SMARTS) is 1. The van der Waals surface area contributed by atoms with E-state index in [4.69, 9.17) is 0 Å². The van der Waals surface area contributed by atoms with Crippen LogP contribution in [0.4, 0.5) is 0 Å². The Morgan fingerprint density at radius 3 is 2.07 bits per heavy atom. The highest BCUT2D eigenvalue weighted by atomic mass is 16.4. The zero-order valence-electron chi connectivity index (χ0n) is 24.1. The lowest BCUT2D eigenvalue weighted by Crippen LogP contribution is -2.36. The summed E-state index contributed by atoms with van der Waals surface area (Å²) in [5.74, 6) is -1.48. The van der Waals surface area contributed by atoms with E-state index in [1.165, 1.54) is 0 Å². The van der Waals surface area contributed by atoms with Gasteiger partial charge in [-0.1, -0.05) is 116 Å². The lowest BCUT2D eigenvalue weighted by molar-refractivity contribution is -0.137. The number of nitrogens with zero attached hydrogens (tertiary/aromatic N) is 1. The van der Waals surface area contributed by atoms with E-state index >= 15 is 0 Å². The fraction of sp³-hybridized carbons (Fsp3) is 0.162. The number of carbonyl (C=O) groups excluding carboxylic acids is 2. The van der Waals surface area contributed by atoms with Crippen molar-refractivity contribution >= 4 is 28.6 Å². The average molecular weight is 571 g/mol. The van der Waals surface area contributed by atoms with Gasteiger partial charge in [-0.05, 0) is 51.1 Å². The molecule has 1 atom stereocenters. The molecule has 0 aliphatic rings. The highest BCUT2D eigenvalue weighted by Crippen LogP contribution is 2.29. The summed E-state index contributed by atoms with van der Waals surface area (Å²) in [6, 6.07) is 38.4. The van der Waals surface area contributed by atoms with E-state index in [1.807, 2.05) is 110 Å². The molecule has 0 saturated carbocycles. The van der Waals surface area contributed by atoms with Crippen molar-refractivity contribution in [3.63, 3.8) is 0 Å². The number of amides is 2. The van der Waals surface area contributed by atoms with Crippen LogP contribution in [-0.4, -0.2) is 40.9 Å². The second kappa shape index (κ2) is 13.6. The van der Waals surface area contributed by atoms with Gasteiger partial charge < -0.3 is 15.3 Å². The first-order valence-electron chi connectivity index (χ1n) is 14.4. The maximum Gasteiger partial charge on any atom is 0.305 e. The van der Waals surface area contributed by atoms with Gasteiger partial charge in [0.25, 0.3) is 11.8 Å². The maximum absolute atomic E-state index is 14.1. The summed E-state index contributed by atoms with van der Waals surface area (Å²) >= 11 is 0. The zero-order valence-corrected chi connectivity index (χ0v) is 24.1. The van der Waals surface area contributed by atoms with E-state index in [-0.39, 0.29) is 30.7 Å². The molecule has 6 nitrogen and oxygen atoms in total. The van der Waals surface area contributed by atoms with Crippen molar-refractivity contribution in [3.8, 4) is 11.1 Å². The Morgan fingerprint density at radius 1 is 0.721 bits per heavy atom. The standard InChI is InChI=1S/C37H34N2O4/c1-26(27-12-3-2-4-13-27)25-39(23-22-35(40)41)37(43)34-21-10-8-19-32(34)31-18-7-9-20-33(31)36(42)38-24-29-16-11-15-28-14-5-6-17-30(28)29/h2-21,26H,22-25H2,1H3,(H,38,42)(H,40,41). The summed E-state index contributed by atoms with van der Waals surface area (Å²) in [6.07, 6.45) is -0.164. The van der Waals surface area contributed by atoms with Gasteiger partial charge in [0.1, 0.15) is 0 Å². The van der Waals surface area contributed by atoms with Crippen LogP contribution in [-0.2, 0) is 11.3 Å². The molecule has 6 heteroatoms. The van der Waals surface area contributed by atoms with Crippen molar-refractivity contribution < 1.29 is 19.5 Å². The van der Waals surface area contributed by atoms with E-state index in [9.17, 15) is 19.5 Å². The number of hydrogen-bond donors (Lipinski definition) is 2. The lowest BCUT2D eigenvalue weighted by Gasteiger charge is -2.27. The quantitative estimate of drug-likeness (QED) is 0.176. The normalized spacial score (nSPS) is 11.6. The third-order valence-corrected chi connectivity index (χ3v) is 7.68. The van der Waals surface area contributed by atoms with Gasteiger partial charge in [-0.2, -0.15) is 0 Å². The summed E-state index contributed by atoms with van der Waals surface area (Å²) in [5.41, 5.74) is 4.21. The van der Waals surface area contributed by atoms with Crippen LogP contribution < -0.4 is 5.32 Å². The van der Waals surface area contributed by atoms with E-state index in [0.29, 0.717) is 35.3 Å². The van der Waals surface area contributed by atoms with Crippen LogP contribution in [0.1, 0.15) is 51.1 Å². The van der Waals surface area contributed by atoms with Crippen LogP contribution in [0.25, 0.3) is 21.9 Å². The second-order valence-corrected chi connectivity index (χ2v) is 10.6. The van der Waals surface area contributed by atoms with Crippen molar-refractivity contribution in [2.45, 2.75) is 25.8 Å². The molecule has 5 rings (SSSR count). The van der Waals surface area contributed by atoms with Crippen molar-refractivity contribution in [1.29, 1.82) is 0 Å². The number of benzene rings is 5. The number of rotatable bonds is 11. The van der Waals surface area contributed by atoms with Gasteiger partial charge in [-0.15, -0.1) is 0 Å². The minimum atomic E-state index is -0.966. The molecule has 0 aliphatic heterocycles. The van der Waals surface area contributed by atoms with Crippen molar-refractivity contribution in [3.05, 3.63) is 144 Å². The first-order valence-corrected chi connectivity index (χ1v) is 14.4. The number of aliphatic carboxylic acids is 1. The Hall–Kier alpha value is -5.23. The first kappa shape index (κ1) is 29.3. The molecule has 0 saturated heterocycles. The second-order valence-electron chi connectivity index (χ2n) is 10.6. The first-order chi connectivity index (χ1) is 20.9. The monoisotopic (exact) mass is 570 g/mol. The molecule has 0 heterocycles. The van der Waals surface area contributed by atoms with Gasteiger partial charge in [-0.3, -0.25) is 14.4 Å². The Balaban J connectivity index is 1.43. The van der Waals surface area contributed by atoms with E-state index in [1.54, 1.807) is 23.1 Å². The fourth-order valence-electron chi connectivity index (χ4n) is 5.43. The smallest absolute Gasteiger partial charge is 0.305 e. The number of hydrogen-bond acceptors (Lipinski definition) is 3. The molecule has 0 radical (unpaired) electrons. The molecule has 0 spiro atoms. The molecule has 0 fully saturated rings. The molecule has 0 aromatic heterocycles. The molecular weight excluding hydrogens is 536 g/mol. The van der Waals surface area contributed by atoms with Gasteiger partial charge in [0.2, 0.25) is 0 Å². The van der Waals surface area contributed by atoms with Gasteiger partial charge >= 0.3 is 5.97 Å². The Morgan fingerprint density at radius 2 is 1.33 bits per heavy atom. The van der Waals surface area contributed by atoms with Gasteiger partial charge in [-0.25, -0.2) is 0 Å². The fourth-order valence-corrected chi connectivity index (χ4v) is 5.43. The van der Waals surface area contributed by atoms with E-state index in [0.717, 1.165) is 21.9 Å². The Bertz CT molecular complexity index is 1740. The molecule has 0 aliphatic carbocycles. The zero-order chi connectivity index (χ0) is 30.2.